The van der Waals surface area contributed by atoms with Gasteiger partial charge in [-0.05, 0) is 25.1 Å². The van der Waals surface area contributed by atoms with Crippen molar-refractivity contribution in [2.24, 2.45) is 5.73 Å². The molecular formula is C10H13NO2. The predicted molar refractivity (Wildman–Crippen MR) is 50.0 cm³/mol. The van der Waals surface area contributed by atoms with Crippen LogP contribution in [0.4, 0.5) is 0 Å². The quantitative estimate of drug-likeness (QED) is 0.741. The van der Waals surface area contributed by atoms with E-state index >= 15 is 0 Å². The first-order valence-electron chi connectivity index (χ1n) is 4.48. The van der Waals surface area contributed by atoms with Crippen molar-refractivity contribution in [2.45, 2.75) is 12.5 Å². The molecule has 0 saturated carbocycles. The summed E-state index contributed by atoms with van der Waals surface area (Å²) in [6.07, 6.45) is 0.953. The lowest BCUT2D eigenvalue weighted by Crippen LogP contribution is -2.31. The van der Waals surface area contributed by atoms with E-state index in [1.54, 1.807) is 0 Å². The van der Waals surface area contributed by atoms with Crippen molar-refractivity contribution in [3.05, 3.63) is 24.3 Å². The van der Waals surface area contributed by atoms with Gasteiger partial charge in [-0.25, -0.2) is 0 Å². The summed E-state index contributed by atoms with van der Waals surface area (Å²) in [5.74, 6) is 1.66. The number of para-hydroxylation sites is 2. The molecule has 0 amide bonds. The summed E-state index contributed by atoms with van der Waals surface area (Å²) in [7, 11) is 0. The Labute approximate surface area is 77.5 Å². The number of hydrogen-bond acceptors (Lipinski definition) is 3. The van der Waals surface area contributed by atoms with Crippen LogP contribution in [0.2, 0.25) is 0 Å². The van der Waals surface area contributed by atoms with Crippen molar-refractivity contribution < 1.29 is 9.47 Å². The molecule has 0 aliphatic carbocycles. The van der Waals surface area contributed by atoms with Gasteiger partial charge in [-0.2, -0.15) is 0 Å². The highest BCUT2D eigenvalue weighted by molar-refractivity contribution is 5.40. The van der Waals surface area contributed by atoms with E-state index in [4.69, 9.17) is 15.2 Å². The summed E-state index contributed by atoms with van der Waals surface area (Å²) < 4.78 is 11.2. The Morgan fingerprint density at radius 1 is 1.31 bits per heavy atom. The van der Waals surface area contributed by atoms with E-state index in [0.717, 1.165) is 17.9 Å². The number of rotatable bonds is 2. The molecule has 0 unspecified atom stereocenters. The van der Waals surface area contributed by atoms with Crippen LogP contribution in [-0.2, 0) is 0 Å². The maximum absolute atomic E-state index is 5.67. The fourth-order valence-electron chi connectivity index (χ4n) is 1.39. The molecular weight excluding hydrogens is 166 g/mol. The summed E-state index contributed by atoms with van der Waals surface area (Å²) in [4.78, 5) is 0. The molecule has 3 nitrogen and oxygen atoms in total. The van der Waals surface area contributed by atoms with Crippen LogP contribution >= 0.6 is 0 Å². The number of hydrogen-bond donors (Lipinski definition) is 1. The van der Waals surface area contributed by atoms with Crippen LogP contribution in [0.3, 0.4) is 0 Å². The summed E-state index contributed by atoms with van der Waals surface area (Å²) in [6, 6.07) is 7.70. The van der Waals surface area contributed by atoms with Crippen LogP contribution in [0.15, 0.2) is 24.3 Å². The van der Waals surface area contributed by atoms with Crippen molar-refractivity contribution >= 4 is 0 Å². The molecule has 1 atom stereocenters. The van der Waals surface area contributed by atoms with Gasteiger partial charge in [-0.15, -0.1) is 0 Å². The zero-order valence-electron chi connectivity index (χ0n) is 7.40. The second kappa shape index (κ2) is 3.66. The minimum Gasteiger partial charge on any atom is -0.486 e. The molecule has 1 aliphatic rings. The molecule has 0 spiro atoms. The highest BCUT2D eigenvalue weighted by Gasteiger charge is 2.19. The molecule has 1 aromatic carbocycles. The van der Waals surface area contributed by atoms with Gasteiger partial charge < -0.3 is 15.2 Å². The molecule has 1 aromatic rings. The van der Waals surface area contributed by atoms with Crippen molar-refractivity contribution in [3.63, 3.8) is 0 Å². The summed E-state index contributed by atoms with van der Waals surface area (Å²) in [6.45, 7) is 1.24. The van der Waals surface area contributed by atoms with E-state index in [0.29, 0.717) is 13.2 Å². The Bertz CT molecular complexity index is 288. The topological polar surface area (TPSA) is 44.5 Å². The zero-order chi connectivity index (χ0) is 9.10. The Morgan fingerprint density at radius 3 is 2.85 bits per heavy atom. The van der Waals surface area contributed by atoms with Gasteiger partial charge in [0.15, 0.2) is 11.5 Å². The third-order valence-electron chi connectivity index (χ3n) is 2.06. The van der Waals surface area contributed by atoms with Crippen LogP contribution in [0.5, 0.6) is 11.5 Å². The average Bonchev–Trinajstić information content (AvgIpc) is 2.18. The van der Waals surface area contributed by atoms with Gasteiger partial charge in [0.1, 0.15) is 12.7 Å². The normalized spacial score (nSPS) is 19.9. The summed E-state index contributed by atoms with van der Waals surface area (Å²) in [5, 5.41) is 0. The first kappa shape index (κ1) is 8.38. The van der Waals surface area contributed by atoms with Crippen molar-refractivity contribution in [1.29, 1.82) is 0 Å². The molecule has 0 fully saturated rings. The van der Waals surface area contributed by atoms with Gasteiger partial charge in [0.05, 0.1) is 0 Å². The highest BCUT2D eigenvalue weighted by Crippen LogP contribution is 2.31. The van der Waals surface area contributed by atoms with Crippen molar-refractivity contribution in [1.82, 2.24) is 0 Å². The van der Waals surface area contributed by atoms with Gasteiger partial charge in [-0.1, -0.05) is 12.1 Å². The van der Waals surface area contributed by atoms with Crippen LogP contribution in [0, 0.1) is 0 Å². The van der Waals surface area contributed by atoms with Gasteiger partial charge in [0, 0.05) is 0 Å². The van der Waals surface area contributed by atoms with Gasteiger partial charge in [0.2, 0.25) is 0 Å². The lowest BCUT2D eigenvalue weighted by molar-refractivity contribution is 0.0866. The molecule has 0 aromatic heterocycles. The number of fused-ring (bicyclic) bond motifs is 1. The molecule has 0 saturated heterocycles. The predicted octanol–water partition coefficient (Wildman–Crippen LogP) is 1.18. The van der Waals surface area contributed by atoms with E-state index in [1.807, 2.05) is 24.3 Å². The summed E-state index contributed by atoms with van der Waals surface area (Å²) in [5.41, 5.74) is 5.44. The lowest BCUT2D eigenvalue weighted by atomic mass is 10.2. The van der Waals surface area contributed by atoms with Crippen LogP contribution in [0.1, 0.15) is 6.42 Å². The Morgan fingerprint density at radius 2 is 2.08 bits per heavy atom. The first-order chi connectivity index (χ1) is 6.40. The highest BCUT2D eigenvalue weighted by atomic mass is 16.6. The Kier molecular flexibility index (Phi) is 2.36. The third kappa shape index (κ3) is 1.75. The first-order valence-corrected chi connectivity index (χ1v) is 4.48. The Hall–Kier alpha value is -1.22. The van der Waals surface area contributed by atoms with Crippen LogP contribution in [0.25, 0.3) is 0 Å². The van der Waals surface area contributed by atoms with E-state index < -0.39 is 0 Å². The van der Waals surface area contributed by atoms with Crippen LogP contribution in [-0.4, -0.2) is 19.3 Å². The summed E-state index contributed by atoms with van der Waals surface area (Å²) >= 11 is 0. The largest absolute Gasteiger partial charge is 0.486 e. The second-order valence-electron chi connectivity index (χ2n) is 3.07. The zero-order valence-corrected chi connectivity index (χ0v) is 7.40. The minimum absolute atomic E-state index is 0.111. The second-order valence-corrected chi connectivity index (χ2v) is 3.07. The smallest absolute Gasteiger partial charge is 0.161 e. The molecule has 2 rings (SSSR count). The minimum atomic E-state index is 0.111. The van der Waals surface area contributed by atoms with Crippen LogP contribution < -0.4 is 15.2 Å². The maximum atomic E-state index is 5.67. The van der Waals surface area contributed by atoms with Gasteiger partial charge in [-0.3, -0.25) is 0 Å². The fraction of sp³-hybridized carbons (Fsp3) is 0.400. The molecule has 1 aliphatic heterocycles. The average molecular weight is 179 g/mol. The van der Waals surface area contributed by atoms with E-state index in [-0.39, 0.29) is 6.10 Å². The molecule has 0 radical (unpaired) electrons. The number of ether oxygens (including phenoxy) is 2. The molecule has 3 heteroatoms. The lowest BCUT2D eigenvalue weighted by Gasteiger charge is -2.25. The number of nitrogens with two attached hydrogens (primary N) is 1. The van der Waals surface area contributed by atoms with Gasteiger partial charge in [0.25, 0.3) is 0 Å². The number of benzene rings is 1. The van der Waals surface area contributed by atoms with E-state index in [2.05, 4.69) is 0 Å². The standard InChI is InChI=1S/C10H13NO2/c11-6-5-8-7-12-9-3-1-2-4-10(9)13-8/h1-4,8H,5-7,11H2/t8-/m0/s1. The Balaban J connectivity index is 2.11. The van der Waals surface area contributed by atoms with Gasteiger partial charge >= 0.3 is 0 Å². The molecule has 13 heavy (non-hydrogen) atoms. The fourth-order valence-corrected chi connectivity index (χ4v) is 1.39. The SMILES string of the molecule is NCC[C@H]1COc2ccccc2O1. The van der Waals surface area contributed by atoms with E-state index in [1.165, 1.54) is 0 Å². The van der Waals surface area contributed by atoms with Crippen molar-refractivity contribution in [2.75, 3.05) is 13.2 Å². The third-order valence-corrected chi connectivity index (χ3v) is 2.06. The van der Waals surface area contributed by atoms with E-state index in [9.17, 15) is 0 Å². The van der Waals surface area contributed by atoms with Crippen molar-refractivity contribution in [3.8, 4) is 11.5 Å². The molecule has 2 N–H and O–H groups in total. The molecule has 1 heterocycles. The monoisotopic (exact) mass is 179 g/mol. The maximum Gasteiger partial charge on any atom is 0.161 e. The molecule has 0 bridgehead atoms. The molecule has 70 valence electrons.